The summed E-state index contributed by atoms with van der Waals surface area (Å²) < 4.78 is 16.2. The third-order valence-electron chi connectivity index (χ3n) is 6.92. The van der Waals surface area contributed by atoms with Crippen molar-refractivity contribution >= 4 is 16.8 Å². The highest BCUT2D eigenvalue weighted by atomic mass is 16.5. The highest BCUT2D eigenvalue weighted by molar-refractivity contribution is 5.86. The molecule has 4 aromatic rings. The Balaban J connectivity index is 1.26. The highest BCUT2D eigenvalue weighted by Gasteiger charge is 2.28. The number of fused-ring (bicyclic) bond motifs is 1. The van der Waals surface area contributed by atoms with Gasteiger partial charge < -0.3 is 29.5 Å². The van der Waals surface area contributed by atoms with Gasteiger partial charge in [-0.2, -0.15) is 0 Å². The molecule has 7 nitrogen and oxygen atoms in total. The van der Waals surface area contributed by atoms with E-state index in [1.54, 1.807) is 20.5 Å². The van der Waals surface area contributed by atoms with Crippen LogP contribution in [0.3, 0.4) is 0 Å². The Labute approximate surface area is 204 Å². The molecule has 0 radical (unpaired) electrons. The van der Waals surface area contributed by atoms with Crippen LogP contribution in [0.15, 0.2) is 65.3 Å². The standard InChI is InChI=1S/C28H31N3O4/c1-33-26-8-6-20(16-27(26)34-2)19-5-7-24-21(14-19)15-25(30-24)18-9-11-31(12-10-18)28(32)23(29)17-22-4-3-13-35-22/h3-8,13-16,18,23,30H,9-12,17,29H2,1-2H3/t23-/m0/s1. The van der Waals surface area contributed by atoms with Crippen molar-refractivity contribution in [1.29, 1.82) is 0 Å². The van der Waals surface area contributed by atoms with Gasteiger partial charge in [-0.25, -0.2) is 0 Å². The second-order valence-electron chi connectivity index (χ2n) is 9.09. The minimum absolute atomic E-state index is 0.00365. The molecule has 5 rings (SSSR count). The first-order valence-corrected chi connectivity index (χ1v) is 12.0. The zero-order chi connectivity index (χ0) is 24.4. The van der Waals surface area contributed by atoms with Crippen LogP contribution in [-0.4, -0.2) is 49.1 Å². The van der Waals surface area contributed by atoms with Gasteiger partial charge in [0, 0.05) is 42.0 Å². The average molecular weight is 474 g/mol. The topological polar surface area (TPSA) is 93.7 Å². The number of nitrogens with two attached hydrogens (primary N) is 1. The number of piperidine rings is 1. The number of rotatable bonds is 7. The normalized spacial score (nSPS) is 15.3. The van der Waals surface area contributed by atoms with Gasteiger partial charge in [0.2, 0.25) is 5.91 Å². The van der Waals surface area contributed by atoms with Gasteiger partial charge in [0.15, 0.2) is 11.5 Å². The molecule has 2 aromatic carbocycles. The molecule has 0 aliphatic carbocycles. The summed E-state index contributed by atoms with van der Waals surface area (Å²) >= 11 is 0. The van der Waals surface area contributed by atoms with Crippen molar-refractivity contribution in [3.63, 3.8) is 0 Å². The van der Waals surface area contributed by atoms with Crippen LogP contribution >= 0.6 is 0 Å². The van der Waals surface area contributed by atoms with Gasteiger partial charge in [-0.05, 0) is 66.4 Å². The summed E-state index contributed by atoms with van der Waals surface area (Å²) in [6, 6.07) is 17.7. The van der Waals surface area contributed by atoms with Gasteiger partial charge in [0.25, 0.3) is 0 Å². The first-order chi connectivity index (χ1) is 17.1. The maximum atomic E-state index is 12.8. The predicted octanol–water partition coefficient (Wildman–Crippen LogP) is 4.72. The van der Waals surface area contributed by atoms with Gasteiger partial charge in [-0.15, -0.1) is 0 Å². The fourth-order valence-electron chi connectivity index (χ4n) is 4.95. The van der Waals surface area contributed by atoms with Crippen LogP contribution in [0.25, 0.3) is 22.0 Å². The predicted molar refractivity (Wildman–Crippen MR) is 136 cm³/mol. The lowest BCUT2D eigenvalue weighted by Gasteiger charge is -2.33. The number of furan rings is 1. The van der Waals surface area contributed by atoms with E-state index in [0.717, 1.165) is 35.2 Å². The Morgan fingerprint density at radius 1 is 1.06 bits per heavy atom. The fourth-order valence-corrected chi connectivity index (χ4v) is 4.95. The van der Waals surface area contributed by atoms with E-state index in [-0.39, 0.29) is 5.91 Å². The van der Waals surface area contributed by atoms with E-state index >= 15 is 0 Å². The summed E-state index contributed by atoms with van der Waals surface area (Å²) in [6.45, 7) is 1.42. The van der Waals surface area contributed by atoms with Crippen LogP contribution in [0.2, 0.25) is 0 Å². The van der Waals surface area contributed by atoms with Crippen molar-refractivity contribution < 1.29 is 18.7 Å². The van der Waals surface area contributed by atoms with E-state index in [1.165, 1.54) is 11.1 Å². The molecule has 1 fully saturated rings. The summed E-state index contributed by atoms with van der Waals surface area (Å²) in [5.41, 5.74) is 10.7. The third kappa shape index (κ3) is 4.77. The van der Waals surface area contributed by atoms with Gasteiger partial charge in [-0.1, -0.05) is 12.1 Å². The van der Waals surface area contributed by atoms with Gasteiger partial charge >= 0.3 is 0 Å². The number of nitrogens with zero attached hydrogens (tertiary/aromatic N) is 1. The van der Waals surface area contributed by atoms with Gasteiger partial charge in [0.05, 0.1) is 26.5 Å². The Bertz CT molecular complexity index is 1300. The molecule has 1 atom stereocenters. The molecular weight excluding hydrogens is 442 g/mol. The molecule has 1 saturated heterocycles. The van der Waals surface area contributed by atoms with Crippen molar-refractivity contribution in [2.45, 2.75) is 31.2 Å². The molecule has 7 heteroatoms. The van der Waals surface area contributed by atoms with Crippen LogP contribution in [0.1, 0.15) is 30.2 Å². The number of amides is 1. The maximum absolute atomic E-state index is 12.8. The van der Waals surface area contributed by atoms with Crippen LogP contribution in [0.4, 0.5) is 0 Å². The quantitative estimate of drug-likeness (QED) is 0.405. The zero-order valence-corrected chi connectivity index (χ0v) is 20.1. The molecule has 2 aromatic heterocycles. The minimum atomic E-state index is -0.569. The SMILES string of the molecule is COc1ccc(-c2ccc3[nH]c(C4CCN(C(=O)[C@@H](N)Cc5ccco5)CC4)cc3c2)cc1OC. The van der Waals surface area contributed by atoms with Crippen molar-refractivity contribution in [2.75, 3.05) is 27.3 Å². The molecule has 0 unspecified atom stereocenters. The third-order valence-corrected chi connectivity index (χ3v) is 6.92. The molecule has 1 amide bonds. The lowest BCUT2D eigenvalue weighted by molar-refractivity contribution is -0.133. The van der Waals surface area contributed by atoms with Crippen molar-refractivity contribution in [1.82, 2.24) is 9.88 Å². The number of carbonyl (C=O) groups excluding carboxylic acids is 1. The number of aromatic amines is 1. The molecule has 1 aliphatic rings. The van der Waals surface area contributed by atoms with E-state index in [9.17, 15) is 4.79 Å². The summed E-state index contributed by atoms with van der Waals surface area (Å²) in [5, 5.41) is 1.17. The van der Waals surface area contributed by atoms with Crippen molar-refractivity contribution in [2.24, 2.45) is 5.73 Å². The molecule has 0 saturated carbocycles. The molecule has 0 spiro atoms. The Hall–Kier alpha value is -3.71. The second-order valence-corrected chi connectivity index (χ2v) is 9.09. The number of hydrogen-bond donors (Lipinski definition) is 2. The van der Waals surface area contributed by atoms with Crippen LogP contribution in [-0.2, 0) is 11.2 Å². The van der Waals surface area contributed by atoms with E-state index in [1.807, 2.05) is 35.2 Å². The summed E-state index contributed by atoms with van der Waals surface area (Å²) in [7, 11) is 3.29. The molecule has 182 valence electrons. The summed E-state index contributed by atoms with van der Waals surface area (Å²) in [5.74, 6) is 2.55. The largest absolute Gasteiger partial charge is 0.493 e. The monoisotopic (exact) mass is 473 g/mol. The molecular formula is C28H31N3O4. The van der Waals surface area contributed by atoms with Crippen LogP contribution in [0.5, 0.6) is 11.5 Å². The summed E-state index contributed by atoms with van der Waals surface area (Å²) in [4.78, 5) is 18.3. The second kappa shape index (κ2) is 9.88. The number of H-pyrrole nitrogens is 1. The van der Waals surface area contributed by atoms with E-state index in [4.69, 9.17) is 19.6 Å². The number of nitrogens with one attached hydrogen (secondary N) is 1. The molecule has 35 heavy (non-hydrogen) atoms. The molecule has 3 N–H and O–H groups in total. The fraction of sp³-hybridized carbons (Fsp3) is 0.321. The Kier molecular flexibility index (Phi) is 6.51. The number of benzene rings is 2. The molecule has 0 bridgehead atoms. The smallest absolute Gasteiger partial charge is 0.239 e. The van der Waals surface area contributed by atoms with E-state index in [2.05, 4.69) is 29.2 Å². The number of hydrogen-bond acceptors (Lipinski definition) is 5. The Morgan fingerprint density at radius 2 is 1.80 bits per heavy atom. The van der Waals surface area contributed by atoms with Gasteiger partial charge in [0.1, 0.15) is 5.76 Å². The number of ether oxygens (including phenoxy) is 2. The first-order valence-electron chi connectivity index (χ1n) is 12.0. The van der Waals surface area contributed by atoms with Crippen molar-refractivity contribution in [3.8, 4) is 22.6 Å². The lowest BCUT2D eigenvalue weighted by atomic mass is 9.93. The average Bonchev–Trinajstić information content (AvgIpc) is 3.57. The van der Waals surface area contributed by atoms with Crippen molar-refractivity contribution in [3.05, 3.63) is 72.3 Å². The highest BCUT2D eigenvalue weighted by Crippen LogP contribution is 2.35. The zero-order valence-electron chi connectivity index (χ0n) is 20.1. The first kappa shape index (κ1) is 23.1. The molecule has 3 heterocycles. The van der Waals surface area contributed by atoms with E-state index in [0.29, 0.717) is 36.9 Å². The van der Waals surface area contributed by atoms with Crippen LogP contribution in [0, 0.1) is 0 Å². The van der Waals surface area contributed by atoms with Gasteiger partial charge in [-0.3, -0.25) is 4.79 Å². The van der Waals surface area contributed by atoms with E-state index < -0.39 is 6.04 Å². The number of methoxy groups -OCH3 is 2. The molecule has 1 aliphatic heterocycles. The number of likely N-dealkylation sites (tertiary alicyclic amines) is 1. The Morgan fingerprint density at radius 3 is 2.51 bits per heavy atom. The maximum Gasteiger partial charge on any atom is 0.239 e. The number of carbonyl (C=O) groups is 1. The lowest BCUT2D eigenvalue weighted by Crippen LogP contribution is -2.47. The number of aromatic nitrogens is 1. The van der Waals surface area contributed by atoms with Crippen LogP contribution < -0.4 is 15.2 Å². The minimum Gasteiger partial charge on any atom is -0.493 e. The summed E-state index contributed by atoms with van der Waals surface area (Å²) in [6.07, 6.45) is 3.86.